The number of piperidine rings is 1. The average Bonchev–Trinajstić information content (AvgIpc) is 2.77. The molecule has 1 unspecified atom stereocenters. The summed E-state index contributed by atoms with van der Waals surface area (Å²) in [6.45, 7) is 9.87. The van der Waals surface area contributed by atoms with E-state index in [9.17, 15) is 9.59 Å². The quantitative estimate of drug-likeness (QED) is 0.869. The molecule has 2 fully saturated rings. The predicted octanol–water partition coefficient (Wildman–Crippen LogP) is 2.58. The van der Waals surface area contributed by atoms with E-state index in [0.717, 1.165) is 38.8 Å². The Morgan fingerprint density at radius 3 is 2.24 bits per heavy atom. The van der Waals surface area contributed by atoms with Gasteiger partial charge in [-0.3, -0.25) is 9.59 Å². The molecular formula is C17H30N2O2. The molecule has 1 saturated carbocycles. The van der Waals surface area contributed by atoms with Crippen molar-refractivity contribution in [3.05, 3.63) is 0 Å². The first-order valence-electron chi connectivity index (χ1n) is 8.38. The summed E-state index contributed by atoms with van der Waals surface area (Å²) in [6.07, 6.45) is 4.99. The van der Waals surface area contributed by atoms with Crippen LogP contribution in [0.5, 0.6) is 0 Å². The lowest BCUT2D eigenvalue weighted by Gasteiger charge is -2.33. The first-order valence-corrected chi connectivity index (χ1v) is 8.38. The fourth-order valence-electron chi connectivity index (χ4n) is 3.61. The van der Waals surface area contributed by atoms with Crippen LogP contribution in [-0.2, 0) is 9.59 Å². The van der Waals surface area contributed by atoms with Gasteiger partial charge in [0.25, 0.3) is 0 Å². The summed E-state index contributed by atoms with van der Waals surface area (Å²) in [5, 5.41) is 3.23. The Labute approximate surface area is 128 Å². The van der Waals surface area contributed by atoms with Crippen molar-refractivity contribution in [3.8, 4) is 0 Å². The molecule has 21 heavy (non-hydrogen) atoms. The number of nitrogens with zero attached hydrogens (tertiary/aromatic N) is 1. The molecule has 0 aromatic rings. The molecule has 0 aromatic carbocycles. The fraction of sp³-hybridized carbons (Fsp3) is 0.882. The van der Waals surface area contributed by atoms with Gasteiger partial charge >= 0.3 is 0 Å². The molecule has 0 radical (unpaired) electrons. The Balaban J connectivity index is 1.77. The number of carbonyl (C=O) groups excluding carboxylic acids is 2. The lowest BCUT2D eigenvalue weighted by atomic mass is 9.91. The van der Waals surface area contributed by atoms with Crippen molar-refractivity contribution in [2.45, 2.75) is 65.8 Å². The minimum absolute atomic E-state index is 0.0519. The number of amides is 2. The van der Waals surface area contributed by atoms with Crippen molar-refractivity contribution in [2.75, 3.05) is 13.1 Å². The molecule has 4 nitrogen and oxygen atoms in total. The molecule has 0 spiro atoms. The number of hydrogen-bond donors (Lipinski definition) is 1. The summed E-state index contributed by atoms with van der Waals surface area (Å²) in [4.78, 5) is 26.2. The minimum atomic E-state index is 0.0519. The molecule has 1 N–H and O–H groups in total. The number of carbonyl (C=O) groups is 2. The molecule has 2 rings (SSSR count). The van der Waals surface area contributed by atoms with Crippen LogP contribution in [0.2, 0.25) is 0 Å². The highest BCUT2D eigenvalue weighted by atomic mass is 16.2. The summed E-state index contributed by atoms with van der Waals surface area (Å²) in [5.41, 5.74) is 0.366. The van der Waals surface area contributed by atoms with Crippen LogP contribution in [0.3, 0.4) is 0 Å². The van der Waals surface area contributed by atoms with E-state index in [2.05, 4.69) is 19.2 Å². The van der Waals surface area contributed by atoms with Crippen molar-refractivity contribution in [2.24, 2.45) is 17.3 Å². The zero-order valence-corrected chi connectivity index (χ0v) is 13.9. The van der Waals surface area contributed by atoms with Gasteiger partial charge in [0.05, 0.1) is 0 Å². The molecule has 2 aliphatic rings. The number of likely N-dealkylation sites (tertiary alicyclic amines) is 1. The van der Waals surface area contributed by atoms with Gasteiger partial charge in [-0.1, -0.05) is 27.7 Å². The smallest absolute Gasteiger partial charge is 0.225 e. The normalized spacial score (nSPS) is 26.1. The number of rotatable bonds is 3. The van der Waals surface area contributed by atoms with Gasteiger partial charge in [-0.25, -0.2) is 0 Å². The van der Waals surface area contributed by atoms with E-state index in [1.54, 1.807) is 0 Å². The van der Waals surface area contributed by atoms with Crippen LogP contribution < -0.4 is 5.32 Å². The number of hydrogen-bond acceptors (Lipinski definition) is 2. The molecule has 120 valence electrons. The summed E-state index contributed by atoms with van der Waals surface area (Å²) in [7, 11) is 0. The van der Waals surface area contributed by atoms with E-state index < -0.39 is 0 Å². The van der Waals surface area contributed by atoms with Gasteiger partial charge in [-0.05, 0) is 37.5 Å². The van der Waals surface area contributed by atoms with Gasteiger partial charge in [0.1, 0.15) is 0 Å². The second kappa shape index (κ2) is 6.37. The highest BCUT2D eigenvalue weighted by Crippen LogP contribution is 2.37. The molecule has 2 amide bonds. The molecule has 0 bridgehead atoms. The highest BCUT2D eigenvalue weighted by molar-refractivity contribution is 5.81. The van der Waals surface area contributed by atoms with E-state index in [-0.39, 0.29) is 23.7 Å². The predicted molar refractivity (Wildman–Crippen MR) is 83.7 cm³/mol. The molecule has 1 aliphatic heterocycles. The largest absolute Gasteiger partial charge is 0.353 e. The van der Waals surface area contributed by atoms with Gasteiger partial charge in [0.2, 0.25) is 11.8 Å². The zero-order chi connectivity index (χ0) is 15.6. The van der Waals surface area contributed by atoms with Crippen LogP contribution in [0.4, 0.5) is 0 Å². The second-order valence-electron chi connectivity index (χ2n) is 7.87. The lowest BCUT2D eigenvalue weighted by Crippen LogP contribution is -2.46. The van der Waals surface area contributed by atoms with Crippen molar-refractivity contribution < 1.29 is 9.59 Å². The third-order valence-electron chi connectivity index (χ3n) is 4.99. The van der Waals surface area contributed by atoms with Gasteiger partial charge in [-0.2, -0.15) is 0 Å². The van der Waals surface area contributed by atoms with E-state index in [1.165, 1.54) is 6.42 Å². The molecule has 1 saturated heterocycles. The summed E-state index contributed by atoms with van der Waals surface area (Å²) in [5.74, 6) is 0.557. The van der Waals surface area contributed by atoms with Crippen molar-refractivity contribution in [1.82, 2.24) is 10.2 Å². The molecule has 1 atom stereocenters. The molecule has 1 heterocycles. The van der Waals surface area contributed by atoms with Crippen LogP contribution in [0.15, 0.2) is 0 Å². The Morgan fingerprint density at radius 2 is 1.76 bits per heavy atom. The summed E-state index contributed by atoms with van der Waals surface area (Å²) >= 11 is 0. The highest BCUT2D eigenvalue weighted by Gasteiger charge is 2.34. The molecular weight excluding hydrogens is 264 g/mol. The third-order valence-corrected chi connectivity index (χ3v) is 4.99. The average molecular weight is 294 g/mol. The molecule has 1 aliphatic carbocycles. The zero-order valence-electron chi connectivity index (χ0n) is 13.9. The van der Waals surface area contributed by atoms with Gasteiger partial charge in [0, 0.05) is 31.0 Å². The van der Waals surface area contributed by atoms with E-state index >= 15 is 0 Å². The first kappa shape index (κ1) is 16.3. The van der Waals surface area contributed by atoms with E-state index in [0.29, 0.717) is 11.5 Å². The summed E-state index contributed by atoms with van der Waals surface area (Å²) < 4.78 is 0. The molecule has 0 aromatic heterocycles. The van der Waals surface area contributed by atoms with Crippen molar-refractivity contribution in [1.29, 1.82) is 0 Å². The minimum Gasteiger partial charge on any atom is -0.353 e. The van der Waals surface area contributed by atoms with Crippen LogP contribution in [-0.4, -0.2) is 35.8 Å². The Kier molecular flexibility index (Phi) is 4.95. The summed E-state index contributed by atoms with van der Waals surface area (Å²) in [6, 6.07) is 0.350. The van der Waals surface area contributed by atoms with Crippen LogP contribution in [0, 0.1) is 17.3 Å². The van der Waals surface area contributed by atoms with Gasteiger partial charge in [-0.15, -0.1) is 0 Å². The van der Waals surface area contributed by atoms with Gasteiger partial charge < -0.3 is 10.2 Å². The van der Waals surface area contributed by atoms with Crippen LogP contribution in [0.1, 0.15) is 59.8 Å². The maximum atomic E-state index is 12.4. The maximum absolute atomic E-state index is 12.4. The monoisotopic (exact) mass is 294 g/mol. The number of nitrogens with one attached hydrogen (secondary N) is 1. The van der Waals surface area contributed by atoms with Crippen LogP contribution in [0.25, 0.3) is 0 Å². The second-order valence-corrected chi connectivity index (χ2v) is 7.87. The standard InChI is InChI=1S/C17H30N2O2/c1-12(2)16(21)19-9-6-13(7-10-19)15(20)18-14-5-8-17(3,4)11-14/h12-14H,5-11H2,1-4H3,(H,18,20). The van der Waals surface area contributed by atoms with E-state index in [1.807, 2.05) is 18.7 Å². The topological polar surface area (TPSA) is 49.4 Å². The Bertz CT molecular complexity index is 396. The first-order chi connectivity index (χ1) is 9.78. The van der Waals surface area contributed by atoms with Crippen LogP contribution >= 0.6 is 0 Å². The van der Waals surface area contributed by atoms with E-state index in [4.69, 9.17) is 0 Å². The molecule has 4 heteroatoms. The lowest BCUT2D eigenvalue weighted by molar-refractivity contribution is -0.138. The Morgan fingerprint density at radius 1 is 1.14 bits per heavy atom. The van der Waals surface area contributed by atoms with Crippen molar-refractivity contribution in [3.63, 3.8) is 0 Å². The van der Waals surface area contributed by atoms with Crippen molar-refractivity contribution >= 4 is 11.8 Å². The van der Waals surface area contributed by atoms with Gasteiger partial charge in [0.15, 0.2) is 0 Å². The SMILES string of the molecule is CC(C)C(=O)N1CCC(C(=O)NC2CCC(C)(C)C2)CC1. The fourth-order valence-corrected chi connectivity index (χ4v) is 3.61. The third kappa shape index (κ3) is 4.21. The maximum Gasteiger partial charge on any atom is 0.225 e. The Hall–Kier alpha value is -1.06.